The molecule has 1 saturated carbocycles. The van der Waals surface area contributed by atoms with Gasteiger partial charge in [0.05, 0.1) is 0 Å². The zero-order valence-corrected chi connectivity index (χ0v) is 11.1. The smallest absolute Gasteiger partial charge is 0.251 e. The van der Waals surface area contributed by atoms with Crippen LogP contribution in [0.25, 0.3) is 0 Å². The van der Waals surface area contributed by atoms with E-state index in [-0.39, 0.29) is 11.3 Å². The molecule has 0 unspecified atom stereocenters. The maximum Gasteiger partial charge on any atom is 0.251 e. The Kier molecular flexibility index (Phi) is 2.89. The third kappa shape index (κ3) is 1.75. The van der Waals surface area contributed by atoms with E-state index in [1.807, 2.05) is 0 Å². The predicted molar refractivity (Wildman–Crippen MR) is 72.9 cm³/mol. The number of rotatable bonds is 1. The van der Waals surface area contributed by atoms with E-state index in [2.05, 4.69) is 30.4 Å². The van der Waals surface area contributed by atoms with Crippen LogP contribution < -0.4 is 5.32 Å². The Morgan fingerprint density at radius 2 is 2.00 bits per heavy atom. The average molecular weight is 243 g/mol. The fraction of sp³-hybridized carbons (Fsp3) is 0.562. The molecule has 1 aliphatic carbocycles. The zero-order chi connectivity index (χ0) is 12.6. The number of fused-ring (bicyclic) bond motifs is 2. The van der Waals surface area contributed by atoms with Gasteiger partial charge in [0.2, 0.25) is 0 Å². The summed E-state index contributed by atoms with van der Waals surface area (Å²) in [5, 5.41) is 3.11. The van der Waals surface area contributed by atoms with E-state index < -0.39 is 0 Å². The Labute approximate surface area is 109 Å². The normalized spacial score (nSPS) is 21.5. The standard InChI is InChI=1S/C16H21NO/c1-2-12-6-7-14-13(10-12)15(18)17-11-16(14)8-4-3-5-9-16/h6-7,10H,2-5,8-9,11H2,1H3,(H,17,18). The largest absolute Gasteiger partial charge is 0.351 e. The van der Waals surface area contributed by atoms with Crippen LogP contribution >= 0.6 is 0 Å². The summed E-state index contributed by atoms with van der Waals surface area (Å²) in [7, 11) is 0. The van der Waals surface area contributed by atoms with Crippen molar-refractivity contribution in [3.63, 3.8) is 0 Å². The molecule has 2 nitrogen and oxygen atoms in total. The van der Waals surface area contributed by atoms with Crippen molar-refractivity contribution in [2.24, 2.45) is 0 Å². The highest BCUT2D eigenvalue weighted by Gasteiger charge is 2.39. The molecular weight excluding hydrogens is 222 g/mol. The van der Waals surface area contributed by atoms with Crippen molar-refractivity contribution in [2.45, 2.75) is 50.9 Å². The quantitative estimate of drug-likeness (QED) is 0.806. The molecule has 3 rings (SSSR count). The number of aryl methyl sites for hydroxylation is 1. The minimum absolute atomic E-state index is 0.122. The molecule has 1 aromatic carbocycles. The van der Waals surface area contributed by atoms with Crippen LogP contribution in [0.1, 0.15) is 60.5 Å². The highest BCUT2D eigenvalue weighted by atomic mass is 16.1. The third-order valence-electron chi connectivity index (χ3n) is 4.71. The predicted octanol–water partition coefficient (Wildman–Crippen LogP) is 3.19. The molecule has 0 saturated heterocycles. The maximum atomic E-state index is 12.1. The van der Waals surface area contributed by atoms with Gasteiger partial charge in [0.1, 0.15) is 0 Å². The SMILES string of the molecule is CCc1ccc2c(c1)C(=O)NCC21CCCCC1. The summed E-state index contributed by atoms with van der Waals surface area (Å²) in [6.45, 7) is 2.98. The van der Waals surface area contributed by atoms with Crippen molar-refractivity contribution >= 4 is 5.91 Å². The molecule has 1 aromatic rings. The molecule has 1 aliphatic heterocycles. The van der Waals surface area contributed by atoms with E-state index in [9.17, 15) is 4.79 Å². The van der Waals surface area contributed by atoms with Gasteiger partial charge in [-0.3, -0.25) is 4.79 Å². The van der Waals surface area contributed by atoms with Crippen molar-refractivity contribution in [1.29, 1.82) is 0 Å². The summed E-state index contributed by atoms with van der Waals surface area (Å²) in [5.74, 6) is 0.122. The summed E-state index contributed by atoms with van der Waals surface area (Å²) < 4.78 is 0. The van der Waals surface area contributed by atoms with Gasteiger partial charge in [-0.2, -0.15) is 0 Å². The lowest BCUT2D eigenvalue weighted by Crippen LogP contribution is -2.48. The van der Waals surface area contributed by atoms with Gasteiger partial charge in [-0.05, 0) is 36.5 Å². The van der Waals surface area contributed by atoms with Crippen LogP contribution in [-0.2, 0) is 11.8 Å². The Hall–Kier alpha value is -1.31. The second kappa shape index (κ2) is 4.42. The van der Waals surface area contributed by atoms with Gasteiger partial charge in [0.25, 0.3) is 5.91 Å². The molecule has 1 fully saturated rings. The zero-order valence-electron chi connectivity index (χ0n) is 11.1. The van der Waals surface area contributed by atoms with Gasteiger partial charge in [0, 0.05) is 17.5 Å². The van der Waals surface area contributed by atoms with Crippen LogP contribution in [0.15, 0.2) is 18.2 Å². The number of amides is 1. The van der Waals surface area contributed by atoms with Crippen LogP contribution in [0, 0.1) is 0 Å². The van der Waals surface area contributed by atoms with Crippen molar-refractivity contribution in [1.82, 2.24) is 5.32 Å². The second-order valence-corrected chi connectivity index (χ2v) is 5.76. The Bertz CT molecular complexity index is 472. The average Bonchev–Trinajstić information content (AvgIpc) is 2.44. The Morgan fingerprint density at radius 3 is 2.72 bits per heavy atom. The monoisotopic (exact) mass is 243 g/mol. The lowest BCUT2D eigenvalue weighted by Gasteiger charge is -2.42. The number of benzene rings is 1. The second-order valence-electron chi connectivity index (χ2n) is 5.76. The topological polar surface area (TPSA) is 29.1 Å². The molecule has 96 valence electrons. The van der Waals surface area contributed by atoms with Crippen LogP contribution in [0.2, 0.25) is 0 Å². The van der Waals surface area contributed by atoms with E-state index in [1.165, 1.54) is 43.2 Å². The summed E-state index contributed by atoms with van der Waals surface area (Å²) in [6.07, 6.45) is 7.39. The van der Waals surface area contributed by atoms with Gasteiger partial charge >= 0.3 is 0 Å². The van der Waals surface area contributed by atoms with E-state index in [1.54, 1.807) is 0 Å². The fourth-order valence-electron chi connectivity index (χ4n) is 3.58. The number of nitrogens with one attached hydrogen (secondary N) is 1. The first-order chi connectivity index (χ1) is 8.75. The van der Waals surface area contributed by atoms with Crippen LogP contribution in [0.3, 0.4) is 0 Å². The summed E-state index contributed by atoms with van der Waals surface area (Å²) >= 11 is 0. The van der Waals surface area contributed by atoms with Gasteiger partial charge in [-0.1, -0.05) is 38.3 Å². The van der Waals surface area contributed by atoms with Crippen molar-refractivity contribution in [3.05, 3.63) is 34.9 Å². The first kappa shape index (κ1) is 11.8. The third-order valence-corrected chi connectivity index (χ3v) is 4.71. The van der Waals surface area contributed by atoms with E-state index >= 15 is 0 Å². The first-order valence-electron chi connectivity index (χ1n) is 7.17. The lowest BCUT2D eigenvalue weighted by atomic mass is 9.66. The molecule has 1 spiro atoms. The van der Waals surface area contributed by atoms with Gasteiger partial charge < -0.3 is 5.32 Å². The number of hydrogen-bond donors (Lipinski definition) is 1. The van der Waals surface area contributed by atoms with Crippen LogP contribution in [0.4, 0.5) is 0 Å². The molecular formula is C16H21NO. The van der Waals surface area contributed by atoms with Gasteiger partial charge in [-0.15, -0.1) is 0 Å². The van der Waals surface area contributed by atoms with Crippen LogP contribution in [-0.4, -0.2) is 12.5 Å². The molecule has 0 atom stereocenters. The van der Waals surface area contributed by atoms with Gasteiger partial charge in [-0.25, -0.2) is 0 Å². The van der Waals surface area contributed by atoms with Crippen molar-refractivity contribution < 1.29 is 4.79 Å². The van der Waals surface area contributed by atoms with Crippen molar-refractivity contribution in [3.8, 4) is 0 Å². The summed E-state index contributed by atoms with van der Waals surface area (Å²) in [4.78, 5) is 12.1. The Morgan fingerprint density at radius 1 is 1.22 bits per heavy atom. The van der Waals surface area contributed by atoms with E-state index in [4.69, 9.17) is 0 Å². The molecule has 0 bridgehead atoms. The highest BCUT2D eigenvalue weighted by molar-refractivity contribution is 5.97. The fourth-order valence-corrected chi connectivity index (χ4v) is 3.58. The number of carbonyl (C=O) groups is 1. The molecule has 0 aromatic heterocycles. The molecule has 2 heteroatoms. The van der Waals surface area contributed by atoms with E-state index in [0.717, 1.165) is 18.5 Å². The molecule has 2 aliphatic rings. The molecule has 0 radical (unpaired) electrons. The lowest BCUT2D eigenvalue weighted by molar-refractivity contribution is 0.0912. The summed E-state index contributed by atoms with van der Waals surface area (Å²) in [5.41, 5.74) is 3.73. The molecule has 1 N–H and O–H groups in total. The molecule has 1 amide bonds. The van der Waals surface area contributed by atoms with Gasteiger partial charge in [0.15, 0.2) is 0 Å². The molecule has 1 heterocycles. The van der Waals surface area contributed by atoms with Crippen molar-refractivity contribution in [2.75, 3.05) is 6.54 Å². The highest BCUT2D eigenvalue weighted by Crippen LogP contribution is 2.42. The first-order valence-corrected chi connectivity index (χ1v) is 7.17. The minimum Gasteiger partial charge on any atom is -0.351 e. The maximum absolute atomic E-state index is 12.1. The number of hydrogen-bond acceptors (Lipinski definition) is 1. The number of carbonyl (C=O) groups excluding carboxylic acids is 1. The van der Waals surface area contributed by atoms with Crippen LogP contribution in [0.5, 0.6) is 0 Å². The molecule has 18 heavy (non-hydrogen) atoms. The van der Waals surface area contributed by atoms with E-state index in [0.29, 0.717) is 0 Å². The minimum atomic E-state index is 0.122. The summed E-state index contributed by atoms with van der Waals surface area (Å²) in [6, 6.07) is 6.52. The Balaban J connectivity index is 2.08.